The van der Waals surface area contributed by atoms with Crippen molar-refractivity contribution in [1.29, 1.82) is 0 Å². The Morgan fingerprint density at radius 3 is 1.06 bits per heavy atom. The number of hydrogen-bond donors (Lipinski definition) is 0. The smallest absolute Gasteiger partial charge is 0.358 e. The Kier molecular flexibility index (Phi) is 16.8. The van der Waals surface area contributed by atoms with E-state index in [-0.39, 0.29) is 33.6 Å². The molecule has 90 valence electrons. The van der Waals surface area contributed by atoms with E-state index in [1.807, 2.05) is 91.0 Å². The molecule has 0 spiro atoms. The molecule has 0 fully saturated rings. The third-order valence-electron chi connectivity index (χ3n) is 1.72. The standard InChI is InChI=1S/C6H5.2C5H5.CH3.Zr/c1-2-4-6-5-3-1;2*1-2-4-5-3-1;;/h1-5H;2*1-5H;1H3;/q4*-1;+4. The van der Waals surface area contributed by atoms with Crippen LogP contribution in [0.2, 0.25) is 0 Å². The van der Waals surface area contributed by atoms with Crippen LogP contribution in [0, 0.1) is 13.5 Å². The molecule has 0 unspecified atom stereocenters. The van der Waals surface area contributed by atoms with Gasteiger partial charge in [-0.05, 0) is 0 Å². The van der Waals surface area contributed by atoms with E-state index in [9.17, 15) is 0 Å². The Hall–Kier alpha value is -1.20. The maximum absolute atomic E-state index is 2.89. The third kappa shape index (κ3) is 12.9. The van der Waals surface area contributed by atoms with Crippen LogP contribution >= 0.6 is 0 Å². The molecule has 0 bridgehead atoms. The molecule has 0 heterocycles. The predicted octanol–water partition coefficient (Wildman–Crippen LogP) is 4.75. The molecule has 0 nitrogen and oxygen atoms in total. The first-order valence-corrected chi connectivity index (χ1v) is 5.24. The van der Waals surface area contributed by atoms with Crippen LogP contribution in [0.5, 0.6) is 0 Å². The van der Waals surface area contributed by atoms with Gasteiger partial charge in [0.25, 0.3) is 0 Å². The molecule has 3 aromatic rings. The second kappa shape index (κ2) is 15.8. The molecule has 0 aliphatic heterocycles. The van der Waals surface area contributed by atoms with Crippen LogP contribution < -0.4 is 0 Å². The van der Waals surface area contributed by atoms with Crippen LogP contribution in [0.25, 0.3) is 0 Å². The first-order chi connectivity index (χ1) is 8.00. The zero-order chi connectivity index (χ0) is 11.3. The molecule has 1 heteroatoms. The molecular weight excluding hydrogens is 295 g/mol. The van der Waals surface area contributed by atoms with Gasteiger partial charge in [-0.25, -0.2) is 24.3 Å². The van der Waals surface area contributed by atoms with Crippen LogP contribution in [-0.4, -0.2) is 0 Å². The zero-order valence-electron chi connectivity index (χ0n) is 10.7. The molecule has 0 N–H and O–H groups in total. The van der Waals surface area contributed by atoms with Crippen LogP contribution in [0.3, 0.4) is 0 Å². The minimum absolute atomic E-state index is 0. The van der Waals surface area contributed by atoms with Gasteiger partial charge in [-0.3, -0.25) is 0 Å². The summed E-state index contributed by atoms with van der Waals surface area (Å²) in [6.07, 6.45) is 0. The topological polar surface area (TPSA) is 0 Å². The number of hydrogen-bond acceptors (Lipinski definition) is 0. The van der Waals surface area contributed by atoms with Crippen LogP contribution in [-0.2, 0) is 26.2 Å². The van der Waals surface area contributed by atoms with Gasteiger partial charge in [0.2, 0.25) is 0 Å². The van der Waals surface area contributed by atoms with Crippen molar-refractivity contribution in [3.63, 3.8) is 0 Å². The van der Waals surface area contributed by atoms with Crippen molar-refractivity contribution < 1.29 is 26.2 Å². The number of benzene rings is 1. The Bertz CT molecular complexity index is 297. The average molecular weight is 314 g/mol. The fourth-order valence-electron chi connectivity index (χ4n) is 0.983. The molecule has 3 aromatic carbocycles. The van der Waals surface area contributed by atoms with E-state index < -0.39 is 0 Å². The summed E-state index contributed by atoms with van der Waals surface area (Å²) in [7, 11) is 0. The molecule has 0 atom stereocenters. The van der Waals surface area contributed by atoms with Gasteiger partial charge in [-0.15, -0.1) is 0 Å². The van der Waals surface area contributed by atoms with E-state index in [0.29, 0.717) is 0 Å². The minimum atomic E-state index is 0. The summed E-state index contributed by atoms with van der Waals surface area (Å²) in [5, 5.41) is 0. The quantitative estimate of drug-likeness (QED) is 0.526. The minimum Gasteiger partial charge on any atom is -0.358 e. The van der Waals surface area contributed by atoms with Crippen LogP contribution in [0.1, 0.15) is 0 Å². The first-order valence-electron chi connectivity index (χ1n) is 5.24. The van der Waals surface area contributed by atoms with Gasteiger partial charge in [0.15, 0.2) is 0 Å². The van der Waals surface area contributed by atoms with Crippen molar-refractivity contribution in [2.75, 3.05) is 0 Å². The van der Waals surface area contributed by atoms with Gasteiger partial charge in [0.1, 0.15) is 0 Å². The molecule has 0 aliphatic carbocycles. The third-order valence-corrected chi connectivity index (χ3v) is 1.72. The summed E-state index contributed by atoms with van der Waals surface area (Å²) in [5.74, 6) is 0. The summed E-state index contributed by atoms with van der Waals surface area (Å²) < 4.78 is 0. The molecule has 18 heavy (non-hydrogen) atoms. The second-order valence-electron chi connectivity index (χ2n) is 3.00. The zero-order valence-corrected chi connectivity index (χ0v) is 13.1. The largest absolute Gasteiger partial charge is 4.00 e. The SMILES string of the molecule is [CH3-].[Zr+4].[c-]1ccccc1.c1cc[cH-]c1.c1cc[cH-]c1. The fraction of sp³-hybridized carbons (Fsp3) is 0. The van der Waals surface area contributed by atoms with Gasteiger partial charge in [0, 0.05) is 0 Å². The maximum atomic E-state index is 2.89. The van der Waals surface area contributed by atoms with Crippen molar-refractivity contribution in [2.24, 2.45) is 0 Å². The van der Waals surface area contributed by atoms with E-state index >= 15 is 0 Å². The fourth-order valence-corrected chi connectivity index (χ4v) is 0.983. The van der Waals surface area contributed by atoms with Crippen molar-refractivity contribution in [2.45, 2.75) is 0 Å². The molecule has 0 radical (unpaired) electrons. The van der Waals surface area contributed by atoms with Gasteiger partial charge < -0.3 is 7.43 Å². The predicted molar refractivity (Wildman–Crippen MR) is 75.8 cm³/mol. The van der Waals surface area contributed by atoms with Gasteiger partial charge >= 0.3 is 26.2 Å². The van der Waals surface area contributed by atoms with Crippen LogP contribution in [0.4, 0.5) is 0 Å². The van der Waals surface area contributed by atoms with E-state index in [2.05, 4.69) is 6.07 Å². The normalized spacial score (nSPS) is 7.11. The Morgan fingerprint density at radius 2 is 0.944 bits per heavy atom. The van der Waals surface area contributed by atoms with E-state index in [0.717, 1.165) is 0 Å². The summed E-state index contributed by atoms with van der Waals surface area (Å²) in [6, 6.07) is 32.5. The van der Waals surface area contributed by atoms with Gasteiger partial charge in [-0.2, -0.15) is 72.8 Å². The van der Waals surface area contributed by atoms with E-state index in [1.54, 1.807) is 0 Å². The maximum Gasteiger partial charge on any atom is 4.00 e. The van der Waals surface area contributed by atoms with Crippen molar-refractivity contribution in [3.8, 4) is 0 Å². The molecule has 0 saturated carbocycles. The summed E-state index contributed by atoms with van der Waals surface area (Å²) >= 11 is 0. The second-order valence-corrected chi connectivity index (χ2v) is 3.00. The summed E-state index contributed by atoms with van der Waals surface area (Å²) in [5.41, 5.74) is 0. The van der Waals surface area contributed by atoms with E-state index in [1.165, 1.54) is 0 Å². The average Bonchev–Trinajstić information content (AvgIpc) is 3.10. The number of rotatable bonds is 0. The molecular formula is C17H18Zr. The Balaban J connectivity index is 0. The molecule has 3 rings (SSSR count). The van der Waals surface area contributed by atoms with Gasteiger partial charge in [0.05, 0.1) is 0 Å². The summed E-state index contributed by atoms with van der Waals surface area (Å²) in [6.45, 7) is 0. The Morgan fingerprint density at radius 1 is 0.556 bits per heavy atom. The Labute approximate surface area is 130 Å². The van der Waals surface area contributed by atoms with Crippen molar-refractivity contribution in [1.82, 2.24) is 0 Å². The van der Waals surface area contributed by atoms with E-state index in [4.69, 9.17) is 0 Å². The van der Waals surface area contributed by atoms with Gasteiger partial charge in [-0.1, -0.05) is 0 Å². The first kappa shape index (κ1) is 19.2. The van der Waals surface area contributed by atoms with Crippen molar-refractivity contribution in [3.05, 3.63) is 104 Å². The molecule has 0 aliphatic rings. The summed E-state index contributed by atoms with van der Waals surface area (Å²) in [4.78, 5) is 0. The monoisotopic (exact) mass is 312 g/mol. The molecule has 0 saturated heterocycles. The van der Waals surface area contributed by atoms with Crippen LogP contribution in [0.15, 0.2) is 91.0 Å². The molecule has 0 amide bonds. The molecule has 0 aromatic heterocycles. The van der Waals surface area contributed by atoms with Crippen molar-refractivity contribution >= 4 is 0 Å².